The minimum absolute atomic E-state index is 0. The zero-order chi connectivity index (χ0) is 36.0. The molecule has 0 saturated carbocycles. The van der Waals surface area contributed by atoms with E-state index in [-0.39, 0.29) is 17.1 Å². The van der Waals surface area contributed by atoms with Gasteiger partial charge in [0.2, 0.25) is 0 Å². The Morgan fingerprint density at radius 2 is 0.642 bits per heavy atom. The maximum absolute atomic E-state index is 5.44. The summed E-state index contributed by atoms with van der Waals surface area (Å²) in [7, 11) is 16.6. The molecule has 8 bridgehead atoms. The average Bonchev–Trinajstić information content (AvgIpc) is 3.98. The van der Waals surface area contributed by atoms with E-state index >= 15 is 0 Å². The van der Waals surface area contributed by atoms with Crippen molar-refractivity contribution in [3.63, 3.8) is 0 Å². The van der Waals surface area contributed by atoms with E-state index in [1.54, 1.807) is 0 Å². The molecular weight excluding hydrogens is 703 g/mol. The van der Waals surface area contributed by atoms with E-state index in [0.717, 1.165) is 90.4 Å². The SMILES string of the molecule is Cn1cc[n+](C)c1-c1c2nc(c(-c3n(C)cc[n+]3C)c3ccc([nH]3)c(-c3n(C)cc[n+]3C)c3nc(c(-c4n(C)cc[n+]4C)c4ccc1[nH]4)C=C3)C=C2.[Mn+2]. The van der Waals surface area contributed by atoms with Crippen molar-refractivity contribution in [3.05, 3.63) is 96.6 Å². The minimum Gasteiger partial charge on any atom is -0.354 e. The second-order valence-electron chi connectivity index (χ2n) is 13.9. The first kappa shape index (κ1) is 34.1. The molecule has 12 nitrogen and oxygen atoms in total. The summed E-state index contributed by atoms with van der Waals surface area (Å²) in [4.78, 5) is 18.6. The van der Waals surface area contributed by atoms with Crippen LogP contribution in [0.3, 0.4) is 0 Å². The molecule has 0 unspecified atom stereocenters. The Hall–Kier alpha value is -6.04. The average molecular weight is 746 g/mol. The van der Waals surface area contributed by atoms with Gasteiger partial charge < -0.3 is 9.97 Å². The molecule has 2 N–H and O–H groups in total. The molecule has 0 amide bonds. The van der Waals surface area contributed by atoms with Gasteiger partial charge >= 0.3 is 17.1 Å². The third kappa shape index (κ3) is 5.26. The second kappa shape index (κ2) is 12.6. The van der Waals surface area contributed by atoms with E-state index in [2.05, 4.69) is 201 Å². The van der Waals surface area contributed by atoms with Crippen molar-refractivity contribution >= 4 is 46.4 Å². The van der Waals surface area contributed by atoms with Gasteiger partial charge in [-0.3, -0.25) is 0 Å². The van der Waals surface area contributed by atoms with Crippen molar-refractivity contribution in [2.75, 3.05) is 0 Å². The Labute approximate surface area is 317 Å². The van der Waals surface area contributed by atoms with E-state index in [1.165, 1.54) is 0 Å². The quantitative estimate of drug-likeness (QED) is 0.211. The van der Waals surface area contributed by atoms with Gasteiger partial charge in [-0.2, -0.15) is 0 Å². The summed E-state index contributed by atoms with van der Waals surface area (Å²) in [5.41, 5.74) is 11.3. The van der Waals surface area contributed by atoms with Crippen LogP contribution in [-0.4, -0.2) is 38.2 Å². The molecule has 2 aliphatic heterocycles. The number of aromatic nitrogens is 12. The van der Waals surface area contributed by atoms with Crippen LogP contribution in [0.1, 0.15) is 22.8 Å². The topological polar surface area (TPSA) is 92.6 Å². The molecule has 2 aliphatic rings. The number of nitrogens with one attached hydrogen (secondary N) is 2. The first-order valence-electron chi connectivity index (χ1n) is 17.3. The number of nitrogens with zero attached hydrogens (tertiary/aromatic N) is 10. The molecule has 0 spiro atoms. The van der Waals surface area contributed by atoms with Gasteiger partial charge in [-0.05, 0) is 48.6 Å². The fourth-order valence-electron chi connectivity index (χ4n) is 7.92. The maximum atomic E-state index is 5.44. The molecule has 13 heteroatoms. The standard InChI is InChI=1S/C40H41N12.Mn/c1-45-17-18-46(2)37(45)33-25-9-11-27(41-25)34(38-47(3)19-20-48(38)4)29-13-15-31(43-29)36(40-51(7)23-24-52(40)8)32-16-14-30(44-32)35(28-12-10-26(33)42-28)39-49(5)21-22-50(39)6;/h9-24H,1-8H3,(H,41,42,43,44);/q+3;+2/p+1. The van der Waals surface area contributed by atoms with E-state index in [1.807, 2.05) is 0 Å². The number of aryl methyl sites for hydroxylation is 8. The molecule has 7 aromatic rings. The fourth-order valence-corrected chi connectivity index (χ4v) is 7.92. The summed E-state index contributed by atoms with van der Waals surface area (Å²) < 4.78 is 17.2. The number of imidazole rings is 4. The number of aromatic amines is 2. The molecule has 7 aromatic heterocycles. The van der Waals surface area contributed by atoms with Crippen molar-refractivity contribution in [1.29, 1.82) is 0 Å². The zero-order valence-electron chi connectivity index (χ0n) is 31.1. The summed E-state index contributed by atoms with van der Waals surface area (Å²) in [5.74, 6) is 4.12. The van der Waals surface area contributed by atoms with Gasteiger partial charge in [0, 0.05) is 0 Å². The van der Waals surface area contributed by atoms with Crippen LogP contribution in [0.25, 0.3) is 91.9 Å². The largest absolute Gasteiger partial charge is 2.00 e. The Morgan fingerprint density at radius 3 is 0.830 bits per heavy atom. The second-order valence-corrected chi connectivity index (χ2v) is 13.9. The predicted octanol–water partition coefficient (Wildman–Crippen LogP) is 3.97. The summed E-state index contributed by atoms with van der Waals surface area (Å²) in [6.45, 7) is 0. The third-order valence-electron chi connectivity index (χ3n) is 10.4. The van der Waals surface area contributed by atoms with E-state index in [9.17, 15) is 0 Å². The molecule has 9 rings (SSSR count). The van der Waals surface area contributed by atoms with E-state index in [0.29, 0.717) is 0 Å². The van der Waals surface area contributed by atoms with E-state index < -0.39 is 0 Å². The number of rotatable bonds is 4. The Bertz CT molecular complexity index is 2390. The van der Waals surface area contributed by atoms with Crippen LogP contribution < -0.4 is 18.3 Å². The van der Waals surface area contributed by atoms with Crippen molar-refractivity contribution in [1.82, 2.24) is 38.2 Å². The minimum atomic E-state index is 0. The molecular formula is C40H42MnN12+6. The van der Waals surface area contributed by atoms with Gasteiger partial charge in [-0.15, -0.1) is 0 Å². The first-order chi connectivity index (χ1) is 25.1. The van der Waals surface area contributed by atoms with Gasteiger partial charge in [-0.1, -0.05) is 0 Å². The summed E-state index contributed by atoms with van der Waals surface area (Å²) >= 11 is 0. The first-order valence-corrected chi connectivity index (χ1v) is 17.3. The zero-order valence-corrected chi connectivity index (χ0v) is 32.3. The number of fused-ring (bicyclic) bond motifs is 8. The van der Waals surface area contributed by atoms with Gasteiger partial charge in [0.15, 0.2) is 0 Å². The Kier molecular flexibility index (Phi) is 8.08. The smallest absolute Gasteiger partial charge is 0.354 e. The molecule has 1 radical (unpaired) electrons. The Morgan fingerprint density at radius 1 is 0.415 bits per heavy atom. The van der Waals surface area contributed by atoms with Crippen molar-refractivity contribution in [2.24, 2.45) is 56.4 Å². The van der Waals surface area contributed by atoms with Crippen LogP contribution in [0.5, 0.6) is 0 Å². The van der Waals surface area contributed by atoms with Crippen LogP contribution in [0.2, 0.25) is 0 Å². The van der Waals surface area contributed by atoms with Gasteiger partial charge in [0.1, 0.15) is 71.8 Å². The van der Waals surface area contributed by atoms with Gasteiger partial charge in [-0.25, -0.2) is 46.5 Å². The van der Waals surface area contributed by atoms with Crippen LogP contribution in [-0.2, 0) is 73.5 Å². The number of hydrogen-bond donors (Lipinski definition) is 2. The molecule has 0 saturated heterocycles. The van der Waals surface area contributed by atoms with Crippen LogP contribution in [0.4, 0.5) is 0 Å². The molecule has 9 heterocycles. The third-order valence-corrected chi connectivity index (χ3v) is 10.4. The molecule has 0 fully saturated rings. The monoisotopic (exact) mass is 745 g/mol. The number of H-pyrrole nitrogens is 2. The van der Waals surface area contributed by atoms with Gasteiger partial charge in [0.25, 0.3) is 23.3 Å². The Balaban J connectivity index is 0.00000400. The fraction of sp³-hybridized carbons (Fsp3) is 0.200. The van der Waals surface area contributed by atoms with Crippen LogP contribution in [0.15, 0.2) is 73.8 Å². The summed E-state index contributed by atoms with van der Waals surface area (Å²) in [6, 6.07) is 8.66. The van der Waals surface area contributed by atoms with Crippen LogP contribution >= 0.6 is 0 Å². The molecule has 53 heavy (non-hydrogen) atoms. The van der Waals surface area contributed by atoms with Crippen LogP contribution in [0, 0.1) is 0 Å². The molecule has 0 aliphatic carbocycles. The molecule has 263 valence electrons. The van der Waals surface area contributed by atoms with Crippen molar-refractivity contribution in [2.45, 2.75) is 0 Å². The predicted molar refractivity (Wildman–Crippen MR) is 201 cm³/mol. The summed E-state index contributed by atoms with van der Waals surface area (Å²) in [6.07, 6.45) is 25.2. The van der Waals surface area contributed by atoms with Crippen molar-refractivity contribution < 1.29 is 35.3 Å². The van der Waals surface area contributed by atoms with E-state index in [4.69, 9.17) is 9.97 Å². The molecule has 0 atom stereocenters. The number of hydrogen-bond acceptors (Lipinski definition) is 2. The van der Waals surface area contributed by atoms with Gasteiger partial charge in [0.05, 0.1) is 101 Å². The molecule has 0 aromatic carbocycles. The summed E-state index contributed by atoms with van der Waals surface area (Å²) in [5, 5.41) is 0. The normalized spacial score (nSPS) is 12.2. The van der Waals surface area contributed by atoms with Crippen molar-refractivity contribution in [3.8, 4) is 45.6 Å². The maximum Gasteiger partial charge on any atom is 2.00 e.